The van der Waals surface area contributed by atoms with Crippen molar-refractivity contribution in [1.29, 1.82) is 0 Å². The summed E-state index contributed by atoms with van der Waals surface area (Å²) in [5, 5.41) is 8.90. The predicted octanol–water partition coefficient (Wildman–Crippen LogP) is 2.49. The molecule has 1 saturated heterocycles. The lowest BCUT2D eigenvalue weighted by molar-refractivity contribution is -0.138. The van der Waals surface area contributed by atoms with Gasteiger partial charge < -0.3 is 14.7 Å². The number of aryl methyl sites for hydroxylation is 1. The molecule has 1 aromatic carbocycles. The van der Waals surface area contributed by atoms with Crippen LogP contribution >= 0.6 is 0 Å². The van der Waals surface area contributed by atoms with Crippen molar-refractivity contribution in [3.63, 3.8) is 0 Å². The van der Waals surface area contributed by atoms with Crippen LogP contribution in [0.2, 0.25) is 0 Å². The molecule has 1 fully saturated rings. The number of hydrogen-bond donors (Lipinski definition) is 1. The zero-order valence-corrected chi connectivity index (χ0v) is 13.4. The third-order valence-corrected chi connectivity index (χ3v) is 3.94. The van der Waals surface area contributed by atoms with E-state index in [1.807, 2.05) is 31.2 Å². The molecule has 1 aliphatic heterocycles. The van der Waals surface area contributed by atoms with E-state index in [9.17, 15) is 9.59 Å². The van der Waals surface area contributed by atoms with Crippen LogP contribution < -0.4 is 0 Å². The quantitative estimate of drug-likeness (QED) is 0.819. The minimum absolute atomic E-state index is 0.0403. The molecule has 0 radical (unpaired) electrons. The molecule has 5 nitrogen and oxygen atoms in total. The molecule has 0 spiro atoms. The number of aliphatic carboxylic acids is 1. The molecule has 1 heterocycles. The van der Waals surface area contributed by atoms with E-state index in [1.54, 1.807) is 11.0 Å². The highest BCUT2D eigenvalue weighted by molar-refractivity contribution is 5.92. The number of carboxylic acid groups (broad SMARTS) is 1. The van der Waals surface area contributed by atoms with Crippen molar-refractivity contribution in [1.82, 2.24) is 4.90 Å². The molecule has 0 saturated carbocycles. The maximum atomic E-state index is 12.5. The molecule has 23 heavy (non-hydrogen) atoms. The molecular formula is C18H23NO4. The number of hydrogen-bond acceptors (Lipinski definition) is 3. The average Bonchev–Trinajstić information content (AvgIpc) is 2.54. The maximum absolute atomic E-state index is 12.5. The monoisotopic (exact) mass is 317 g/mol. The summed E-state index contributed by atoms with van der Waals surface area (Å²) in [5.74, 6) is -1.03. The van der Waals surface area contributed by atoms with Crippen LogP contribution in [0, 0.1) is 6.92 Å². The van der Waals surface area contributed by atoms with Crippen molar-refractivity contribution in [3.05, 3.63) is 41.5 Å². The lowest BCUT2D eigenvalue weighted by Gasteiger charge is -2.33. The summed E-state index contributed by atoms with van der Waals surface area (Å²) in [6.07, 6.45) is 4.78. The maximum Gasteiger partial charge on any atom is 0.305 e. The number of nitrogens with zero attached hydrogens (tertiary/aromatic N) is 1. The number of ether oxygens (including phenoxy) is 1. The Morgan fingerprint density at radius 1 is 1.35 bits per heavy atom. The zero-order chi connectivity index (χ0) is 16.7. The Morgan fingerprint density at radius 3 is 2.74 bits per heavy atom. The Balaban J connectivity index is 2.06. The largest absolute Gasteiger partial charge is 0.481 e. The molecule has 1 aromatic rings. The van der Waals surface area contributed by atoms with Crippen LogP contribution in [0.25, 0.3) is 6.08 Å². The van der Waals surface area contributed by atoms with Gasteiger partial charge in [0.25, 0.3) is 0 Å². The van der Waals surface area contributed by atoms with E-state index >= 15 is 0 Å². The van der Waals surface area contributed by atoms with Crippen LogP contribution in [0.5, 0.6) is 0 Å². The van der Waals surface area contributed by atoms with Gasteiger partial charge in [-0.2, -0.15) is 0 Å². The van der Waals surface area contributed by atoms with Crippen molar-refractivity contribution in [3.8, 4) is 0 Å². The average molecular weight is 317 g/mol. The Morgan fingerprint density at radius 2 is 2.09 bits per heavy atom. The summed E-state index contributed by atoms with van der Waals surface area (Å²) in [6, 6.07) is 7.94. The van der Waals surface area contributed by atoms with Gasteiger partial charge in [-0.15, -0.1) is 0 Å². The molecule has 124 valence electrons. The van der Waals surface area contributed by atoms with Crippen molar-refractivity contribution >= 4 is 18.0 Å². The van der Waals surface area contributed by atoms with E-state index < -0.39 is 5.97 Å². The minimum atomic E-state index is -0.891. The topological polar surface area (TPSA) is 66.8 Å². The minimum Gasteiger partial charge on any atom is -0.481 e. The first-order chi connectivity index (χ1) is 11.1. The second kappa shape index (κ2) is 8.48. The summed E-state index contributed by atoms with van der Waals surface area (Å²) in [4.78, 5) is 25.0. The number of carbonyl (C=O) groups excluding carboxylic acids is 1. The van der Waals surface area contributed by atoms with Crippen LogP contribution in [0.15, 0.2) is 30.3 Å². The first-order valence-electron chi connectivity index (χ1n) is 7.91. The fourth-order valence-electron chi connectivity index (χ4n) is 2.72. The first kappa shape index (κ1) is 17.2. The molecule has 0 bridgehead atoms. The van der Waals surface area contributed by atoms with Crippen LogP contribution in [0.3, 0.4) is 0 Å². The summed E-state index contributed by atoms with van der Waals surface area (Å²) < 4.78 is 5.33. The van der Waals surface area contributed by atoms with E-state index in [2.05, 4.69) is 0 Å². The smallest absolute Gasteiger partial charge is 0.305 e. The van der Waals surface area contributed by atoms with E-state index in [0.717, 1.165) is 24.0 Å². The molecule has 0 aromatic heterocycles. The standard InChI is InChI=1S/C18H23NO4/c1-14-3-2-4-15(13-14)5-6-17(20)19(10-7-18(21)22)16-8-11-23-12-9-16/h2-6,13,16H,7-12H2,1H3,(H,21,22)/b6-5+. The van der Waals surface area contributed by atoms with Gasteiger partial charge in [0.1, 0.15) is 0 Å². The number of amides is 1. The lowest BCUT2D eigenvalue weighted by atomic mass is 10.1. The van der Waals surface area contributed by atoms with Crippen molar-refractivity contribution in [2.24, 2.45) is 0 Å². The molecule has 1 amide bonds. The van der Waals surface area contributed by atoms with Gasteiger partial charge in [0.05, 0.1) is 6.42 Å². The van der Waals surface area contributed by atoms with Crippen LogP contribution in [0.1, 0.15) is 30.4 Å². The van der Waals surface area contributed by atoms with Crippen molar-refractivity contribution in [2.75, 3.05) is 19.8 Å². The summed E-state index contributed by atoms with van der Waals surface area (Å²) >= 11 is 0. The van der Waals surface area contributed by atoms with Gasteiger partial charge in [0.2, 0.25) is 5.91 Å². The van der Waals surface area contributed by atoms with E-state index in [4.69, 9.17) is 9.84 Å². The van der Waals surface area contributed by atoms with Crippen molar-refractivity contribution in [2.45, 2.75) is 32.2 Å². The number of rotatable bonds is 6. The zero-order valence-electron chi connectivity index (χ0n) is 13.4. The van der Waals surface area contributed by atoms with Gasteiger partial charge in [0, 0.05) is 31.9 Å². The highest BCUT2D eigenvalue weighted by Gasteiger charge is 2.24. The fraction of sp³-hybridized carbons (Fsp3) is 0.444. The van der Waals surface area contributed by atoms with Crippen molar-refractivity contribution < 1.29 is 19.4 Å². The van der Waals surface area contributed by atoms with E-state index in [-0.39, 0.29) is 24.9 Å². The highest BCUT2D eigenvalue weighted by Crippen LogP contribution is 2.16. The highest BCUT2D eigenvalue weighted by atomic mass is 16.5. The van der Waals surface area contributed by atoms with Gasteiger partial charge in [-0.05, 0) is 31.4 Å². The normalized spacial score (nSPS) is 15.7. The Bertz CT molecular complexity index is 576. The van der Waals surface area contributed by atoms with Gasteiger partial charge in [-0.3, -0.25) is 9.59 Å². The molecular weight excluding hydrogens is 294 g/mol. The summed E-state index contributed by atoms with van der Waals surface area (Å²) in [5.41, 5.74) is 2.09. The van der Waals surface area contributed by atoms with Gasteiger partial charge >= 0.3 is 5.97 Å². The summed E-state index contributed by atoms with van der Waals surface area (Å²) in [6.45, 7) is 3.46. The fourth-order valence-corrected chi connectivity index (χ4v) is 2.72. The Kier molecular flexibility index (Phi) is 6.35. The van der Waals surface area contributed by atoms with Crippen LogP contribution in [-0.4, -0.2) is 47.7 Å². The Hall–Kier alpha value is -2.14. The lowest BCUT2D eigenvalue weighted by Crippen LogP contribution is -2.43. The van der Waals surface area contributed by atoms with Crippen LogP contribution in [0.4, 0.5) is 0 Å². The second-order valence-electron chi connectivity index (χ2n) is 5.77. The van der Waals surface area contributed by atoms with Gasteiger partial charge in [-0.1, -0.05) is 29.8 Å². The van der Waals surface area contributed by atoms with E-state index in [1.165, 1.54) is 6.08 Å². The molecule has 0 unspecified atom stereocenters. The van der Waals surface area contributed by atoms with E-state index in [0.29, 0.717) is 13.2 Å². The Labute approximate surface area is 136 Å². The number of carboxylic acids is 1. The SMILES string of the molecule is Cc1cccc(/C=C/C(=O)N(CCC(=O)O)C2CCOCC2)c1. The van der Waals surface area contributed by atoms with Gasteiger partial charge in [-0.25, -0.2) is 0 Å². The van der Waals surface area contributed by atoms with Gasteiger partial charge in [0.15, 0.2) is 0 Å². The molecule has 1 N–H and O–H groups in total. The molecule has 0 aliphatic carbocycles. The predicted molar refractivity (Wildman–Crippen MR) is 88.0 cm³/mol. The first-order valence-corrected chi connectivity index (χ1v) is 7.91. The third kappa shape index (κ3) is 5.53. The number of benzene rings is 1. The molecule has 1 aliphatic rings. The number of carbonyl (C=O) groups is 2. The summed E-state index contributed by atoms with van der Waals surface area (Å²) in [7, 11) is 0. The third-order valence-electron chi connectivity index (χ3n) is 3.94. The van der Waals surface area contributed by atoms with Crippen LogP contribution in [-0.2, 0) is 14.3 Å². The molecule has 0 atom stereocenters. The molecule has 2 rings (SSSR count). The molecule has 5 heteroatoms. The second-order valence-corrected chi connectivity index (χ2v) is 5.77.